The molecule has 0 heterocycles. The highest BCUT2D eigenvalue weighted by molar-refractivity contribution is 5.32. The highest BCUT2D eigenvalue weighted by Crippen LogP contribution is 2.29. The Morgan fingerprint density at radius 2 is 1.89 bits per heavy atom. The van der Waals surface area contributed by atoms with E-state index in [1.165, 1.54) is 5.56 Å². The number of aryl methyl sites for hydroxylation is 1. The number of nitrogens with one attached hydrogen (secondary N) is 1. The number of rotatable bonds is 3. The molecule has 1 unspecified atom stereocenters. The quantitative estimate of drug-likeness (QED) is 0.870. The summed E-state index contributed by atoms with van der Waals surface area (Å²) in [5.41, 5.74) is 7.39. The van der Waals surface area contributed by atoms with E-state index in [9.17, 15) is 13.2 Å². The van der Waals surface area contributed by atoms with Gasteiger partial charge in [0.25, 0.3) is 0 Å². The number of nitrogens with two attached hydrogens (primary N) is 1. The van der Waals surface area contributed by atoms with Crippen molar-refractivity contribution in [2.75, 3.05) is 13.1 Å². The van der Waals surface area contributed by atoms with Crippen LogP contribution in [0, 0.1) is 0 Å². The van der Waals surface area contributed by atoms with Gasteiger partial charge in [-0.2, -0.15) is 13.2 Å². The Kier molecular flexibility index (Phi) is 3.64. The standard InChI is InChI=1S/C13H17F3N2/c14-13(15,16)9-18-12(8-17)6-5-10-3-1-2-4-11(10)7-12/h1-4,18H,5-9,17H2. The van der Waals surface area contributed by atoms with Crippen LogP contribution in [-0.4, -0.2) is 24.8 Å². The molecule has 1 aliphatic carbocycles. The Hall–Kier alpha value is -1.07. The van der Waals surface area contributed by atoms with Crippen molar-refractivity contribution in [2.45, 2.75) is 31.0 Å². The lowest BCUT2D eigenvalue weighted by Crippen LogP contribution is -2.57. The van der Waals surface area contributed by atoms with E-state index in [1.54, 1.807) is 0 Å². The first-order valence-corrected chi connectivity index (χ1v) is 6.03. The molecule has 0 fully saturated rings. The van der Waals surface area contributed by atoms with Crippen LogP contribution in [0.3, 0.4) is 0 Å². The predicted molar refractivity (Wildman–Crippen MR) is 64.3 cm³/mol. The van der Waals surface area contributed by atoms with E-state index < -0.39 is 18.3 Å². The largest absolute Gasteiger partial charge is 0.401 e. The maximum absolute atomic E-state index is 12.3. The van der Waals surface area contributed by atoms with Gasteiger partial charge in [-0.1, -0.05) is 24.3 Å². The second kappa shape index (κ2) is 4.90. The lowest BCUT2D eigenvalue weighted by molar-refractivity contribution is -0.129. The van der Waals surface area contributed by atoms with Gasteiger partial charge < -0.3 is 11.1 Å². The van der Waals surface area contributed by atoms with E-state index in [2.05, 4.69) is 5.32 Å². The summed E-state index contributed by atoms with van der Waals surface area (Å²) in [4.78, 5) is 0. The van der Waals surface area contributed by atoms with Crippen molar-refractivity contribution in [3.8, 4) is 0 Å². The number of benzene rings is 1. The average Bonchev–Trinajstić information content (AvgIpc) is 2.35. The molecule has 0 aromatic heterocycles. The molecule has 0 saturated carbocycles. The second-order valence-electron chi connectivity index (χ2n) is 4.90. The zero-order valence-corrected chi connectivity index (χ0v) is 10.1. The molecule has 0 bridgehead atoms. The van der Waals surface area contributed by atoms with Gasteiger partial charge in [-0.3, -0.25) is 0 Å². The predicted octanol–water partition coefficient (Wildman–Crippen LogP) is 2.02. The molecule has 18 heavy (non-hydrogen) atoms. The topological polar surface area (TPSA) is 38.0 Å². The number of fused-ring (bicyclic) bond motifs is 1. The number of hydrogen-bond acceptors (Lipinski definition) is 2. The van der Waals surface area contributed by atoms with Gasteiger partial charge in [-0.15, -0.1) is 0 Å². The molecule has 1 aromatic rings. The molecule has 0 amide bonds. The highest BCUT2D eigenvalue weighted by Gasteiger charge is 2.37. The maximum atomic E-state index is 12.3. The Bertz CT molecular complexity index is 417. The van der Waals surface area contributed by atoms with Crippen molar-refractivity contribution < 1.29 is 13.2 Å². The molecular weight excluding hydrogens is 241 g/mol. The first kappa shape index (κ1) is 13.4. The van der Waals surface area contributed by atoms with Crippen LogP contribution in [0.25, 0.3) is 0 Å². The second-order valence-corrected chi connectivity index (χ2v) is 4.90. The van der Waals surface area contributed by atoms with E-state index in [0.717, 1.165) is 12.0 Å². The first-order chi connectivity index (χ1) is 8.44. The van der Waals surface area contributed by atoms with Gasteiger partial charge in [0.2, 0.25) is 0 Å². The summed E-state index contributed by atoms with van der Waals surface area (Å²) >= 11 is 0. The minimum absolute atomic E-state index is 0.220. The lowest BCUT2D eigenvalue weighted by Gasteiger charge is -2.38. The minimum Gasteiger partial charge on any atom is -0.329 e. The molecule has 0 saturated heterocycles. The summed E-state index contributed by atoms with van der Waals surface area (Å²) in [6, 6.07) is 7.86. The summed E-state index contributed by atoms with van der Waals surface area (Å²) in [6.07, 6.45) is -2.20. The van der Waals surface area contributed by atoms with Gasteiger partial charge in [-0.05, 0) is 30.4 Å². The Morgan fingerprint density at radius 1 is 1.22 bits per heavy atom. The fourth-order valence-corrected chi connectivity index (χ4v) is 2.49. The third-order valence-corrected chi connectivity index (χ3v) is 3.57. The van der Waals surface area contributed by atoms with Crippen molar-refractivity contribution in [2.24, 2.45) is 5.73 Å². The smallest absolute Gasteiger partial charge is 0.329 e. The third-order valence-electron chi connectivity index (χ3n) is 3.57. The molecule has 1 atom stereocenters. The normalized spacial score (nSPS) is 23.8. The van der Waals surface area contributed by atoms with E-state index in [-0.39, 0.29) is 6.54 Å². The molecule has 1 aromatic carbocycles. The molecule has 0 aliphatic heterocycles. The van der Waals surface area contributed by atoms with Crippen molar-refractivity contribution in [1.82, 2.24) is 5.32 Å². The van der Waals surface area contributed by atoms with Gasteiger partial charge in [0.05, 0.1) is 6.54 Å². The zero-order valence-electron chi connectivity index (χ0n) is 10.1. The average molecular weight is 258 g/mol. The van der Waals surface area contributed by atoms with Crippen LogP contribution in [-0.2, 0) is 12.8 Å². The van der Waals surface area contributed by atoms with Crippen LogP contribution in [0.2, 0.25) is 0 Å². The highest BCUT2D eigenvalue weighted by atomic mass is 19.4. The Labute approximate surface area is 104 Å². The molecule has 3 N–H and O–H groups in total. The SMILES string of the molecule is NCC1(NCC(F)(F)F)CCc2ccccc2C1. The number of alkyl halides is 3. The summed E-state index contributed by atoms with van der Waals surface area (Å²) in [7, 11) is 0. The van der Waals surface area contributed by atoms with Crippen molar-refractivity contribution in [3.05, 3.63) is 35.4 Å². The van der Waals surface area contributed by atoms with Crippen LogP contribution in [0.15, 0.2) is 24.3 Å². The van der Waals surface area contributed by atoms with E-state index in [0.29, 0.717) is 12.8 Å². The molecule has 2 rings (SSSR count). The first-order valence-electron chi connectivity index (χ1n) is 6.03. The summed E-state index contributed by atoms with van der Waals surface area (Å²) in [6.45, 7) is -0.760. The van der Waals surface area contributed by atoms with Crippen LogP contribution in [0.4, 0.5) is 13.2 Å². The molecule has 2 nitrogen and oxygen atoms in total. The van der Waals surface area contributed by atoms with Crippen molar-refractivity contribution in [1.29, 1.82) is 0 Å². The van der Waals surface area contributed by atoms with Gasteiger partial charge in [0.1, 0.15) is 0 Å². The summed E-state index contributed by atoms with van der Waals surface area (Å²) < 4.78 is 36.9. The summed E-state index contributed by atoms with van der Waals surface area (Å²) in [5, 5.41) is 2.62. The molecule has 1 aliphatic rings. The van der Waals surface area contributed by atoms with Gasteiger partial charge >= 0.3 is 6.18 Å². The number of hydrogen-bond donors (Lipinski definition) is 2. The van der Waals surface area contributed by atoms with Gasteiger partial charge in [0, 0.05) is 12.1 Å². The van der Waals surface area contributed by atoms with E-state index >= 15 is 0 Å². The van der Waals surface area contributed by atoms with Crippen LogP contribution < -0.4 is 11.1 Å². The molecule has 5 heteroatoms. The fraction of sp³-hybridized carbons (Fsp3) is 0.538. The number of halogens is 3. The van der Waals surface area contributed by atoms with Crippen molar-refractivity contribution in [3.63, 3.8) is 0 Å². The monoisotopic (exact) mass is 258 g/mol. The molecule has 0 spiro atoms. The van der Waals surface area contributed by atoms with Crippen LogP contribution >= 0.6 is 0 Å². The van der Waals surface area contributed by atoms with Crippen LogP contribution in [0.1, 0.15) is 17.5 Å². The van der Waals surface area contributed by atoms with Crippen LogP contribution in [0.5, 0.6) is 0 Å². The lowest BCUT2D eigenvalue weighted by atomic mass is 9.78. The summed E-state index contributed by atoms with van der Waals surface area (Å²) in [5.74, 6) is 0. The maximum Gasteiger partial charge on any atom is 0.401 e. The molecule has 100 valence electrons. The molecular formula is C13H17F3N2. The Balaban J connectivity index is 2.11. The zero-order chi connectivity index (χ0) is 13.2. The molecule has 0 radical (unpaired) electrons. The van der Waals surface area contributed by atoms with E-state index in [1.807, 2.05) is 24.3 Å². The fourth-order valence-electron chi connectivity index (χ4n) is 2.49. The van der Waals surface area contributed by atoms with Crippen molar-refractivity contribution >= 4 is 0 Å². The minimum atomic E-state index is -4.20. The van der Waals surface area contributed by atoms with Gasteiger partial charge in [-0.25, -0.2) is 0 Å². The Morgan fingerprint density at radius 3 is 2.50 bits per heavy atom. The van der Waals surface area contributed by atoms with Gasteiger partial charge in [0.15, 0.2) is 0 Å². The third kappa shape index (κ3) is 3.03. The van der Waals surface area contributed by atoms with E-state index in [4.69, 9.17) is 5.73 Å².